The molecule has 0 unspecified atom stereocenters. The molecule has 1 saturated heterocycles. The maximum Gasteiger partial charge on any atom is 0.246 e. The fourth-order valence-electron chi connectivity index (χ4n) is 6.06. The van der Waals surface area contributed by atoms with E-state index in [1.54, 1.807) is 17.0 Å². The molecule has 1 N–H and O–H groups in total. The SMILES string of the molecule is C=CC(=O)N1CCN(c2c(C#N)c(Oc3cccc4c3CN(C)C4)nc3c(Oc4c(Cl)c(F)cc5[nH]ncc45)cccc23)CC1. The Bertz CT molecular complexity index is 2050. The van der Waals surface area contributed by atoms with Crippen LogP contribution in [-0.4, -0.2) is 64.1 Å². The fraction of sp³-hybridized carbons (Fsp3) is 0.212. The van der Waals surface area contributed by atoms with Crippen molar-refractivity contribution >= 4 is 45.0 Å². The second-order valence-electron chi connectivity index (χ2n) is 11.0. The molecule has 45 heavy (non-hydrogen) atoms. The predicted octanol–water partition coefficient (Wildman–Crippen LogP) is 6.14. The number of anilines is 1. The van der Waals surface area contributed by atoms with Crippen molar-refractivity contribution in [2.75, 3.05) is 38.1 Å². The number of para-hydroxylation sites is 1. The number of carbonyl (C=O) groups excluding carboxylic acids is 1. The first-order chi connectivity index (χ1) is 21.9. The number of hydrogen-bond donors (Lipinski definition) is 1. The molecule has 2 aliphatic heterocycles. The number of halogens is 2. The number of amides is 1. The van der Waals surface area contributed by atoms with Gasteiger partial charge in [-0.2, -0.15) is 10.4 Å². The molecule has 2 aliphatic rings. The second-order valence-corrected chi connectivity index (χ2v) is 11.4. The summed E-state index contributed by atoms with van der Waals surface area (Å²) < 4.78 is 27.6. The summed E-state index contributed by atoms with van der Waals surface area (Å²) in [6, 6.07) is 14.8. The molecule has 3 aromatic carbocycles. The molecule has 7 rings (SSSR count). The normalized spacial score (nSPS) is 14.9. The predicted molar refractivity (Wildman–Crippen MR) is 168 cm³/mol. The Labute approximate surface area is 262 Å². The molecule has 0 aliphatic carbocycles. The quantitative estimate of drug-likeness (QED) is 0.225. The van der Waals surface area contributed by atoms with E-state index in [9.17, 15) is 14.4 Å². The van der Waals surface area contributed by atoms with Gasteiger partial charge < -0.3 is 19.3 Å². The van der Waals surface area contributed by atoms with Crippen LogP contribution in [0, 0.1) is 17.1 Å². The van der Waals surface area contributed by atoms with E-state index < -0.39 is 5.82 Å². The number of aromatic nitrogens is 3. The molecule has 0 radical (unpaired) electrons. The highest BCUT2D eigenvalue weighted by molar-refractivity contribution is 6.33. The molecule has 4 heterocycles. The van der Waals surface area contributed by atoms with Gasteiger partial charge in [-0.25, -0.2) is 9.37 Å². The molecule has 12 heteroatoms. The summed E-state index contributed by atoms with van der Waals surface area (Å²) in [4.78, 5) is 23.1. The van der Waals surface area contributed by atoms with Crippen LogP contribution in [0.4, 0.5) is 10.1 Å². The van der Waals surface area contributed by atoms with Crippen LogP contribution in [0.3, 0.4) is 0 Å². The first-order valence-corrected chi connectivity index (χ1v) is 14.7. The first-order valence-electron chi connectivity index (χ1n) is 14.4. The lowest BCUT2D eigenvalue weighted by atomic mass is 10.1. The molecule has 0 bridgehead atoms. The van der Waals surface area contributed by atoms with Crippen molar-refractivity contribution in [3.8, 4) is 29.2 Å². The standard InChI is InChI=1S/C33H27ClFN7O3/c1-3-28(43)41-10-12-42(13-11-41)31-20-7-5-9-27(44-32-22-16-37-39-25(22)14-24(35)29(32)34)30(20)38-33(21(31)15-36)45-26-8-4-6-19-17-40(2)18-23(19)26/h3-9,14,16H,1,10-13,17-18H2,2H3,(H,37,39). The summed E-state index contributed by atoms with van der Waals surface area (Å²) in [5.74, 6) is 0.291. The third-order valence-corrected chi connectivity index (χ3v) is 8.57. The van der Waals surface area contributed by atoms with Gasteiger partial charge in [0.1, 0.15) is 33.7 Å². The van der Waals surface area contributed by atoms with Crippen LogP contribution in [-0.2, 0) is 17.9 Å². The van der Waals surface area contributed by atoms with Crippen LogP contribution in [0.5, 0.6) is 23.1 Å². The monoisotopic (exact) mass is 623 g/mol. The Morgan fingerprint density at radius 2 is 1.89 bits per heavy atom. The van der Waals surface area contributed by atoms with Gasteiger partial charge in [0.15, 0.2) is 11.5 Å². The van der Waals surface area contributed by atoms with Crippen LogP contribution >= 0.6 is 11.6 Å². The van der Waals surface area contributed by atoms with E-state index in [-0.39, 0.29) is 33.9 Å². The highest BCUT2D eigenvalue weighted by Gasteiger charge is 2.29. The second kappa shape index (κ2) is 11.4. The Balaban J connectivity index is 1.40. The van der Waals surface area contributed by atoms with Crippen molar-refractivity contribution < 1.29 is 18.7 Å². The largest absolute Gasteiger partial charge is 0.453 e. The Morgan fingerprint density at radius 1 is 1.11 bits per heavy atom. The molecule has 10 nitrogen and oxygen atoms in total. The minimum Gasteiger partial charge on any atom is -0.453 e. The van der Waals surface area contributed by atoms with E-state index >= 15 is 0 Å². The summed E-state index contributed by atoms with van der Waals surface area (Å²) >= 11 is 6.41. The fourth-order valence-corrected chi connectivity index (χ4v) is 6.25. The molecule has 226 valence electrons. The van der Waals surface area contributed by atoms with E-state index in [4.69, 9.17) is 26.1 Å². The number of piperazine rings is 1. The number of pyridine rings is 1. The molecular formula is C33H27ClFN7O3. The number of benzene rings is 3. The van der Waals surface area contributed by atoms with Crippen molar-refractivity contribution in [3.63, 3.8) is 0 Å². The van der Waals surface area contributed by atoms with Gasteiger partial charge in [0.25, 0.3) is 0 Å². The molecule has 1 amide bonds. The highest BCUT2D eigenvalue weighted by atomic mass is 35.5. The average Bonchev–Trinajstić information content (AvgIpc) is 3.68. The van der Waals surface area contributed by atoms with Crippen molar-refractivity contribution in [2.45, 2.75) is 13.1 Å². The number of nitriles is 1. The zero-order chi connectivity index (χ0) is 31.2. The molecule has 0 spiro atoms. The molecule has 0 atom stereocenters. The van der Waals surface area contributed by atoms with Crippen molar-refractivity contribution in [2.24, 2.45) is 0 Å². The zero-order valence-corrected chi connectivity index (χ0v) is 25.1. The summed E-state index contributed by atoms with van der Waals surface area (Å²) in [6.07, 6.45) is 2.82. The van der Waals surface area contributed by atoms with Gasteiger partial charge in [-0.05, 0) is 30.8 Å². The van der Waals surface area contributed by atoms with Crippen LogP contribution < -0.4 is 14.4 Å². The smallest absolute Gasteiger partial charge is 0.246 e. The number of rotatable bonds is 6. The van der Waals surface area contributed by atoms with Crippen LogP contribution in [0.2, 0.25) is 5.02 Å². The average molecular weight is 624 g/mol. The van der Waals surface area contributed by atoms with E-state index in [0.29, 0.717) is 66.0 Å². The lowest BCUT2D eigenvalue weighted by molar-refractivity contribution is -0.126. The summed E-state index contributed by atoms with van der Waals surface area (Å²) in [6.45, 7) is 6.91. The number of H-pyrrole nitrogens is 1. The maximum atomic E-state index is 14.8. The maximum absolute atomic E-state index is 14.8. The van der Waals surface area contributed by atoms with E-state index in [2.05, 4.69) is 38.7 Å². The van der Waals surface area contributed by atoms with Gasteiger partial charge in [0.05, 0.1) is 22.8 Å². The lowest BCUT2D eigenvalue weighted by Gasteiger charge is -2.36. The van der Waals surface area contributed by atoms with Crippen molar-refractivity contribution in [1.82, 2.24) is 25.0 Å². The molecule has 1 fully saturated rings. The summed E-state index contributed by atoms with van der Waals surface area (Å²) in [7, 11) is 2.03. The minimum atomic E-state index is -0.664. The lowest BCUT2D eigenvalue weighted by Crippen LogP contribution is -2.48. The van der Waals surface area contributed by atoms with Gasteiger partial charge in [-0.1, -0.05) is 42.4 Å². The molecule has 5 aromatic rings. The first kappa shape index (κ1) is 28.6. The van der Waals surface area contributed by atoms with E-state index in [1.807, 2.05) is 25.2 Å². The van der Waals surface area contributed by atoms with Crippen molar-refractivity contribution in [1.29, 1.82) is 5.26 Å². The topological polar surface area (TPSA) is 111 Å². The number of nitrogens with zero attached hydrogens (tertiary/aromatic N) is 6. The van der Waals surface area contributed by atoms with Crippen LogP contribution in [0.1, 0.15) is 16.7 Å². The Morgan fingerprint density at radius 3 is 2.67 bits per heavy atom. The number of nitrogens with one attached hydrogen (secondary N) is 1. The van der Waals surface area contributed by atoms with E-state index in [0.717, 1.165) is 17.7 Å². The number of hydrogen-bond acceptors (Lipinski definition) is 8. The number of fused-ring (bicyclic) bond motifs is 3. The summed E-state index contributed by atoms with van der Waals surface area (Å²) in [5.41, 5.74) is 3.86. The molecular weight excluding hydrogens is 597 g/mol. The third kappa shape index (κ3) is 4.98. The number of ether oxygens (including phenoxy) is 2. The van der Waals surface area contributed by atoms with Gasteiger partial charge in [0.2, 0.25) is 11.8 Å². The summed E-state index contributed by atoms with van der Waals surface area (Å²) in [5, 5.41) is 18.3. The Kier molecular flexibility index (Phi) is 7.23. The van der Waals surface area contributed by atoms with Crippen LogP contribution in [0.15, 0.2) is 61.3 Å². The van der Waals surface area contributed by atoms with Crippen molar-refractivity contribution in [3.05, 3.63) is 88.8 Å². The highest BCUT2D eigenvalue weighted by Crippen LogP contribution is 2.44. The molecule has 2 aromatic heterocycles. The van der Waals surface area contributed by atoms with Crippen LogP contribution in [0.25, 0.3) is 21.8 Å². The third-order valence-electron chi connectivity index (χ3n) is 8.22. The number of carbonyl (C=O) groups is 1. The van der Waals surface area contributed by atoms with E-state index in [1.165, 1.54) is 18.3 Å². The zero-order valence-electron chi connectivity index (χ0n) is 24.3. The van der Waals surface area contributed by atoms with Gasteiger partial charge in [-0.3, -0.25) is 14.8 Å². The number of aromatic amines is 1. The van der Waals surface area contributed by atoms with Gasteiger partial charge in [0, 0.05) is 56.3 Å². The van der Waals surface area contributed by atoms with Gasteiger partial charge in [-0.15, -0.1) is 0 Å². The minimum absolute atomic E-state index is 0.0866. The Hall–Kier alpha value is -5.18. The molecule has 0 saturated carbocycles. The van der Waals surface area contributed by atoms with Gasteiger partial charge >= 0.3 is 0 Å².